The third kappa shape index (κ3) is 35.6. The number of aliphatic hydroxyl groups is 2. The molecule has 0 spiro atoms. The zero-order valence-corrected chi connectivity index (χ0v) is 76.6. The first-order chi connectivity index (χ1) is 56.1. The molecule has 0 saturated carbocycles. The van der Waals surface area contributed by atoms with Gasteiger partial charge in [0.15, 0.2) is 0 Å². The molecule has 42 nitrogen and oxygen atoms in total. The Morgan fingerprint density at radius 2 is 0.780 bits per heavy atom. The second-order valence-electron chi connectivity index (χ2n) is 37.1. The van der Waals surface area contributed by atoms with Crippen LogP contribution in [0.2, 0.25) is 0 Å². The lowest BCUT2D eigenvalue weighted by atomic mass is 9.94. The summed E-state index contributed by atoms with van der Waals surface area (Å²) in [5.41, 5.74) is -3.26. The summed E-state index contributed by atoms with van der Waals surface area (Å²) >= 11 is 0. The van der Waals surface area contributed by atoms with Gasteiger partial charge in [-0.05, 0) is 186 Å². The van der Waals surface area contributed by atoms with Crippen LogP contribution in [-0.4, -0.2) is 258 Å². The fraction of sp³-hybridized carbons (Fsp3) is 0.753. The molecular formula is C81H142N20O22. The lowest BCUT2D eigenvalue weighted by molar-refractivity contribution is -0.146. The summed E-state index contributed by atoms with van der Waals surface area (Å²) in [6.07, 6.45) is -0.472. The Morgan fingerprint density at radius 3 is 1.21 bits per heavy atom. The number of carbonyl (C=O) groups excluding carboxylic acids is 20. The highest BCUT2D eigenvalue weighted by Crippen LogP contribution is 2.25. The van der Waals surface area contributed by atoms with Gasteiger partial charge in [0, 0.05) is 26.3 Å². The largest absolute Gasteiger partial charge is 0.394 e. The minimum atomic E-state index is -1.90. The predicted molar refractivity (Wildman–Crippen MR) is 451 cm³/mol. The van der Waals surface area contributed by atoms with Gasteiger partial charge in [0.25, 0.3) is 0 Å². The van der Waals surface area contributed by atoms with Crippen LogP contribution in [0, 0.1) is 23.7 Å². The Balaban J connectivity index is 3.22. The van der Waals surface area contributed by atoms with Gasteiger partial charge in [-0.1, -0.05) is 62.3 Å². The molecule has 0 radical (unpaired) electrons. The first-order valence-electron chi connectivity index (χ1n) is 41.5. The van der Waals surface area contributed by atoms with Crippen LogP contribution < -0.4 is 102 Å². The number of amides is 20. The third-order valence-corrected chi connectivity index (χ3v) is 20.3. The highest BCUT2D eigenvalue weighted by molar-refractivity contribution is 6.04. The Hall–Kier alpha value is -10.7. The molecule has 1 saturated heterocycles. The highest BCUT2D eigenvalue weighted by atomic mass is 16.3. The zero-order valence-electron chi connectivity index (χ0n) is 76.6. The van der Waals surface area contributed by atoms with Crippen LogP contribution >= 0.6 is 0 Å². The summed E-state index contributed by atoms with van der Waals surface area (Å²) in [5.74, 6) is -17.9. The van der Waals surface area contributed by atoms with Crippen molar-refractivity contribution in [2.24, 2.45) is 35.1 Å². The lowest BCUT2D eigenvalue weighted by Crippen LogP contribution is -2.66. The average Bonchev–Trinajstić information content (AvgIpc) is 1.75. The van der Waals surface area contributed by atoms with Crippen molar-refractivity contribution in [1.82, 2.24) is 95.3 Å². The maximum absolute atomic E-state index is 14.5. The maximum atomic E-state index is 14.5. The Kier molecular flexibility index (Phi) is 41.9. The fourth-order valence-electron chi connectivity index (χ4n) is 12.5. The van der Waals surface area contributed by atoms with E-state index in [0.29, 0.717) is 12.8 Å². The Morgan fingerprint density at radius 1 is 0.390 bits per heavy atom. The lowest BCUT2D eigenvalue weighted by Gasteiger charge is -2.37. The van der Waals surface area contributed by atoms with Crippen LogP contribution in [0.4, 0.5) is 0 Å². The average molecular weight is 1750 g/mol. The van der Waals surface area contributed by atoms with E-state index in [1.165, 1.54) is 123 Å². The number of primary amides is 2. The van der Waals surface area contributed by atoms with E-state index in [1.54, 1.807) is 48.5 Å². The fourth-order valence-corrected chi connectivity index (χ4v) is 12.5. The molecule has 0 aromatic rings. The maximum Gasteiger partial charge on any atom is 0.248 e. The summed E-state index contributed by atoms with van der Waals surface area (Å²) in [5, 5.41) is 63.0. The topological polar surface area (TPSA) is 642 Å². The second kappa shape index (κ2) is 46.7. The van der Waals surface area contributed by atoms with Gasteiger partial charge < -0.3 is 117 Å². The molecule has 0 aromatic heterocycles. The van der Waals surface area contributed by atoms with Crippen LogP contribution in [0.15, 0.2) is 0 Å². The number of nitrogens with two attached hydrogens (primary N) is 2. The summed E-state index contributed by atoms with van der Waals surface area (Å²) in [6.45, 7) is 35.9. The number of hydrogen-bond donors (Lipinski definition) is 21. The molecule has 20 amide bonds. The third-order valence-electron chi connectivity index (χ3n) is 20.3. The molecule has 0 unspecified atom stereocenters. The molecule has 23 N–H and O–H groups in total. The Labute approximate surface area is 721 Å². The van der Waals surface area contributed by atoms with Crippen molar-refractivity contribution in [2.45, 2.75) is 343 Å². The molecule has 123 heavy (non-hydrogen) atoms. The molecule has 42 heteroatoms. The molecule has 10 atom stereocenters. The molecular weight excluding hydrogens is 1610 g/mol. The van der Waals surface area contributed by atoms with Crippen molar-refractivity contribution in [3.8, 4) is 0 Å². The van der Waals surface area contributed by atoms with Crippen molar-refractivity contribution < 1.29 is 106 Å². The molecule has 1 rings (SSSR count). The van der Waals surface area contributed by atoms with E-state index in [9.17, 15) is 106 Å². The number of rotatable bonds is 50. The molecule has 1 aliphatic rings. The molecule has 1 aliphatic heterocycles. The van der Waals surface area contributed by atoms with E-state index in [-0.39, 0.29) is 62.8 Å². The normalized spacial score (nSPS) is 15.8. The van der Waals surface area contributed by atoms with Crippen LogP contribution in [0.3, 0.4) is 0 Å². The van der Waals surface area contributed by atoms with Crippen molar-refractivity contribution in [3.63, 3.8) is 0 Å². The summed E-state index contributed by atoms with van der Waals surface area (Å²) < 4.78 is 0. The number of hydrogen-bond acceptors (Lipinski definition) is 22. The minimum absolute atomic E-state index is 0.00150. The van der Waals surface area contributed by atoms with E-state index in [2.05, 4.69) is 90.4 Å². The number of nitrogens with zero attached hydrogens (tertiary/aromatic N) is 1. The van der Waals surface area contributed by atoms with Gasteiger partial charge in [-0.3, -0.25) is 95.9 Å². The molecule has 698 valence electrons. The smallest absolute Gasteiger partial charge is 0.248 e. The van der Waals surface area contributed by atoms with Crippen LogP contribution in [-0.2, 0) is 95.9 Å². The van der Waals surface area contributed by atoms with Crippen molar-refractivity contribution in [3.05, 3.63) is 0 Å². The number of nitrogens with one attached hydrogen (secondary N) is 17. The van der Waals surface area contributed by atoms with Crippen LogP contribution in [0.25, 0.3) is 0 Å². The van der Waals surface area contributed by atoms with Gasteiger partial charge in [-0.25, -0.2) is 0 Å². The Bertz CT molecular complexity index is 3850. The second-order valence-corrected chi connectivity index (χ2v) is 37.1. The SMILES string of the molecule is CC[C@@](C)(NC(=O)CNC(=O)C(C)(C)NC(=O)[C@@H](NC(=O)C(C)(C)NC(=O)[C@H](CCC(N)=O)NC(=O)C(C)(C)NC(=O)[C@H](CC(C)C)NC(=O)[C@H](C)NC(=O)[C@H](CO)NC(=O)C(C)(C)NC(C)=O)C(C)C)C(=O)NC(C)(C)C(=O)N1CCC[C@H]1C(=O)N[C@@H](CC(C)C)C(=O)NC(C)(C)C(=O)NC(C)(C)C(=O)N[C@@H](CCC(N)=O)C(=O)N[C@H](CO)CC(C)C. The van der Waals surface area contributed by atoms with Crippen molar-refractivity contribution in [2.75, 3.05) is 26.3 Å². The van der Waals surface area contributed by atoms with Crippen molar-refractivity contribution >= 4 is 118 Å². The minimum Gasteiger partial charge on any atom is -0.394 e. The number of likely N-dealkylation sites (tertiary alicyclic amines) is 1. The van der Waals surface area contributed by atoms with Gasteiger partial charge in [0.1, 0.15) is 92.6 Å². The van der Waals surface area contributed by atoms with E-state index >= 15 is 0 Å². The molecule has 1 fully saturated rings. The van der Waals surface area contributed by atoms with Gasteiger partial charge in [0.2, 0.25) is 118 Å². The number of carbonyl (C=O) groups is 20. The van der Waals surface area contributed by atoms with E-state index in [4.69, 9.17) is 11.5 Å². The van der Waals surface area contributed by atoms with Gasteiger partial charge in [-0.15, -0.1) is 0 Å². The van der Waals surface area contributed by atoms with E-state index in [1.807, 2.05) is 13.8 Å². The molecule has 0 aromatic carbocycles. The van der Waals surface area contributed by atoms with Crippen LogP contribution in [0.5, 0.6) is 0 Å². The first kappa shape index (κ1) is 110. The van der Waals surface area contributed by atoms with E-state index in [0.717, 1.165) is 0 Å². The standard InChI is InChI=1S/C81H142N20O22/c1-27-81(26,72(122)100-80(24,25)73(123)101-34-28-29-53(101)64(114)88-51(37-43(6)7)63(113)97-79(22,23)71(121)99-78(20,21)69(119)89-48(30-32-54(82)105)59(109)86-47(39-102)35-41(2)3)94-56(107)38-84-66(116)74(12,13)98-65(115)57(44(8)9)92-70(120)77(18,19)95-61(111)49(31-33-55(83)106)90-68(118)76(16,17)96-62(112)50(36-42(4)5)87-58(108)45(10)85-60(110)52(40-103)91-67(117)75(14,15)93-46(11)104/h41-45,47-53,57,102-103H,27-40H2,1-26H3,(H2,82,105)(H2,83,106)(H,84,116)(H,85,110)(H,86,109)(H,87,108)(H,88,114)(H,89,119)(H,90,118)(H,91,117)(H,92,120)(H,93,104)(H,94,107)(H,95,111)(H,96,112)(H,97,113)(H,98,115)(H,99,121)(H,100,122)/t45-,47-,48-,49-,50-,51-,52-,53-,57-,81+/m0/s1. The van der Waals surface area contributed by atoms with Gasteiger partial charge in [0.05, 0.1) is 25.8 Å². The summed E-state index contributed by atoms with van der Waals surface area (Å²) in [7, 11) is 0. The predicted octanol–water partition coefficient (Wildman–Crippen LogP) is -4.13. The highest BCUT2D eigenvalue weighted by Gasteiger charge is 2.48. The van der Waals surface area contributed by atoms with E-state index < -0.39 is 255 Å². The summed E-state index contributed by atoms with van der Waals surface area (Å²) in [6, 6.07) is -11.7. The van der Waals surface area contributed by atoms with Gasteiger partial charge >= 0.3 is 0 Å². The molecule has 0 bridgehead atoms. The molecule has 0 aliphatic carbocycles. The quantitative estimate of drug-likeness (QED) is 0.0275. The zero-order chi connectivity index (χ0) is 95.6. The van der Waals surface area contributed by atoms with Gasteiger partial charge in [-0.2, -0.15) is 0 Å². The molecule has 1 heterocycles. The number of aliphatic hydroxyl groups excluding tert-OH is 2. The van der Waals surface area contributed by atoms with Crippen LogP contribution in [0.1, 0.15) is 244 Å². The first-order valence-corrected chi connectivity index (χ1v) is 41.5. The van der Waals surface area contributed by atoms with Crippen molar-refractivity contribution in [1.29, 1.82) is 0 Å². The monoisotopic (exact) mass is 1750 g/mol. The summed E-state index contributed by atoms with van der Waals surface area (Å²) in [4.78, 5) is 272.